The van der Waals surface area contributed by atoms with Crippen LogP contribution in [-0.2, 0) is 14.3 Å². The zero-order valence-electron chi connectivity index (χ0n) is 16.7. The van der Waals surface area contributed by atoms with Crippen LogP contribution in [0, 0.1) is 0 Å². The first-order valence-electron chi connectivity index (χ1n) is 10.1. The quantitative estimate of drug-likeness (QED) is 0.414. The number of nitrogens with one attached hydrogen (secondary N) is 1. The van der Waals surface area contributed by atoms with Gasteiger partial charge in [0.2, 0.25) is 0 Å². The Labute approximate surface area is 178 Å². The number of carboxylic acids is 1. The zero-order valence-corrected chi connectivity index (χ0v) is 16.7. The molecule has 1 fully saturated rings. The second-order valence-electron chi connectivity index (χ2n) is 7.56. The minimum atomic E-state index is -1.08. The van der Waals surface area contributed by atoms with E-state index in [0.29, 0.717) is 6.42 Å². The fraction of sp³-hybridized carbons (Fsp3) is 0.364. The van der Waals surface area contributed by atoms with Gasteiger partial charge in [-0.1, -0.05) is 53.6 Å². The van der Waals surface area contributed by atoms with E-state index in [1.165, 1.54) is 0 Å². The Balaban J connectivity index is 1.37. The van der Waals surface area contributed by atoms with E-state index < -0.39 is 30.3 Å². The Morgan fingerprint density at radius 3 is 2.39 bits per heavy atom. The molecule has 9 nitrogen and oxygen atoms in total. The average Bonchev–Trinajstić information content (AvgIpc) is 3.11. The summed E-state index contributed by atoms with van der Waals surface area (Å²) in [6, 6.07) is 15.5. The highest BCUT2D eigenvalue weighted by Gasteiger charge is 2.35. The molecule has 1 saturated heterocycles. The van der Waals surface area contributed by atoms with Gasteiger partial charge >= 0.3 is 12.1 Å². The van der Waals surface area contributed by atoms with Gasteiger partial charge in [-0.15, -0.1) is 0 Å². The van der Waals surface area contributed by atoms with Gasteiger partial charge in [-0.2, -0.15) is 0 Å². The number of hydrogen-bond acceptors (Lipinski definition) is 5. The van der Waals surface area contributed by atoms with Gasteiger partial charge in [0.25, 0.3) is 0 Å². The lowest BCUT2D eigenvalue weighted by atomic mass is 9.98. The van der Waals surface area contributed by atoms with Crippen LogP contribution >= 0.6 is 0 Å². The lowest BCUT2D eigenvalue weighted by Gasteiger charge is -2.32. The molecule has 1 amide bonds. The molecule has 160 valence electrons. The van der Waals surface area contributed by atoms with Gasteiger partial charge in [0.15, 0.2) is 6.10 Å². The van der Waals surface area contributed by atoms with Crippen molar-refractivity contribution in [1.29, 1.82) is 0 Å². The number of hydrogen-bond donors (Lipinski definition) is 2. The van der Waals surface area contributed by atoms with Gasteiger partial charge in [-0.3, -0.25) is 0 Å². The van der Waals surface area contributed by atoms with Crippen molar-refractivity contribution in [3.8, 4) is 11.1 Å². The molecule has 1 heterocycles. The van der Waals surface area contributed by atoms with Crippen LogP contribution in [0.3, 0.4) is 0 Å². The number of nitrogens with zero attached hydrogens (tertiary/aromatic N) is 3. The van der Waals surface area contributed by atoms with Crippen molar-refractivity contribution in [1.82, 2.24) is 5.32 Å². The number of benzene rings is 2. The predicted octanol–water partition coefficient (Wildman–Crippen LogP) is 3.84. The monoisotopic (exact) mass is 422 g/mol. The molecule has 0 radical (unpaired) electrons. The number of amides is 1. The lowest BCUT2D eigenvalue weighted by molar-refractivity contribution is -0.159. The van der Waals surface area contributed by atoms with Crippen molar-refractivity contribution >= 4 is 12.1 Å². The number of ether oxygens (including phenoxy) is 2. The minimum Gasteiger partial charge on any atom is -0.479 e. The Morgan fingerprint density at radius 2 is 1.77 bits per heavy atom. The Kier molecular flexibility index (Phi) is 6.06. The Hall–Kier alpha value is -3.55. The van der Waals surface area contributed by atoms with E-state index in [4.69, 9.17) is 15.0 Å². The van der Waals surface area contributed by atoms with Gasteiger partial charge in [0.1, 0.15) is 6.61 Å². The van der Waals surface area contributed by atoms with Crippen molar-refractivity contribution in [2.75, 3.05) is 13.2 Å². The van der Waals surface area contributed by atoms with E-state index in [1.807, 2.05) is 36.4 Å². The second-order valence-corrected chi connectivity index (χ2v) is 7.56. The predicted molar refractivity (Wildman–Crippen MR) is 112 cm³/mol. The van der Waals surface area contributed by atoms with E-state index in [9.17, 15) is 14.7 Å². The standard InChI is InChI=1S/C22H22N4O5/c23-26-25-18-9-10-19(21(27)28)31-20(18)11-24-22(29)30-12-17-15-7-3-1-5-13(15)14-6-2-4-8-16(14)17/h1-8,17-20H,9-12H2,(H,24,29)(H,27,28)/t18-,19+,20-/m1/s1. The van der Waals surface area contributed by atoms with E-state index in [-0.39, 0.29) is 25.5 Å². The molecule has 1 aliphatic carbocycles. The molecule has 2 N–H and O–H groups in total. The fourth-order valence-electron chi connectivity index (χ4n) is 4.28. The first-order chi connectivity index (χ1) is 15.1. The number of carboxylic acid groups (broad SMARTS) is 1. The van der Waals surface area contributed by atoms with Gasteiger partial charge < -0.3 is 19.9 Å². The number of carbonyl (C=O) groups is 2. The molecule has 31 heavy (non-hydrogen) atoms. The Morgan fingerprint density at radius 1 is 1.13 bits per heavy atom. The van der Waals surface area contributed by atoms with Crippen molar-refractivity contribution in [3.05, 3.63) is 70.1 Å². The third-order valence-corrected chi connectivity index (χ3v) is 5.76. The molecule has 2 aliphatic rings. The van der Waals surface area contributed by atoms with Crippen molar-refractivity contribution < 1.29 is 24.2 Å². The van der Waals surface area contributed by atoms with Crippen LogP contribution in [-0.4, -0.2) is 48.6 Å². The molecule has 1 aliphatic heterocycles. The molecule has 9 heteroatoms. The molecule has 0 bridgehead atoms. The van der Waals surface area contributed by atoms with Crippen molar-refractivity contribution in [3.63, 3.8) is 0 Å². The molecule has 0 aromatic heterocycles. The summed E-state index contributed by atoms with van der Waals surface area (Å²) in [6.07, 6.45) is -1.73. The second kappa shape index (κ2) is 9.07. The maximum absolute atomic E-state index is 12.3. The fourth-order valence-corrected chi connectivity index (χ4v) is 4.28. The number of carbonyl (C=O) groups excluding carboxylic acids is 1. The smallest absolute Gasteiger partial charge is 0.407 e. The van der Waals surface area contributed by atoms with E-state index in [1.54, 1.807) is 0 Å². The van der Waals surface area contributed by atoms with Gasteiger partial charge in [0, 0.05) is 17.4 Å². The van der Waals surface area contributed by atoms with E-state index in [0.717, 1.165) is 22.3 Å². The van der Waals surface area contributed by atoms with Gasteiger partial charge in [-0.05, 0) is 40.6 Å². The molecule has 0 spiro atoms. The zero-order chi connectivity index (χ0) is 21.8. The summed E-state index contributed by atoms with van der Waals surface area (Å²) in [5.41, 5.74) is 13.2. The van der Waals surface area contributed by atoms with Crippen molar-refractivity contribution in [2.45, 2.75) is 37.0 Å². The Bertz CT molecular complexity index is 991. The summed E-state index contributed by atoms with van der Waals surface area (Å²) in [5.74, 6) is -1.14. The summed E-state index contributed by atoms with van der Waals surface area (Å²) < 4.78 is 11.0. The maximum atomic E-state index is 12.3. The molecular weight excluding hydrogens is 400 g/mol. The highest BCUT2D eigenvalue weighted by atomic mass is 16.6. The summed E-state index contributed by atoms with van der Waals surface area (Å²) in [6.45, 7) is 0.160. The number of alkyl carbamates (subject to hydrolysis) is 1. The topological polar surface area (TPSA) is 134 Å². The average molecular weight is 422 g/mol. The highest BCUT2D eigenvalue weighted by molar-refractivity contribution is 5.79. The van der Waals surface area contributed by atoms with Crippen LogP contribution < -0.4 is 5.32 Å². The minimum absolute atomic E-state index is 0.00978. The first-order valence-corrected chi connectivity index (χ1v) is 10.1. The molecule has 0 saturated carbocycles. The number of rotatable bonds is 6. The van der Waals surface area contributed by atoms with Crippen LogP contribution in [0.4, 0.5) is 4.79 Å². The summed E-state index contributed by atoms with van der Waals surface area (Å²) >= 11 is 0. The van der Waals surface area contributed by atoms with Gasteiger partial charge in [0.05, 0.1) is 12.1 Å². The molecule has 2 aromatic rings. The maximum Gasteiger partial charge on any atom is 0.407 e. The summed E-state index contributed by atoms with van der Waals surface area (Å²) in [5, 5.41) is 15.5. The third kappa shape index (κ3) is 4.33. The number of fused-ring (bicyclic) bond motifs is 3. The first kappa shape index (κ1) is 20.7. The van der Waals surface area contributed by atoms with Crippen LogP contribution in [0.5, 0.6) is 0 Å². The third-order valence-electron chi connectivity index (χ3n) is 5.76. The number of aliphatic carboxylic acids is 1. The summed E-state index contributed by atoms with van der Waals surface area (Å²) in [4.78, 5) is 26.3. The van der Waals surface area contributed by atoms with Crippen LogP contribution in [0.1, 0.15) is 29.9 Å². The van der Waals surface area contributed by atoms with Crippen LogP contribution in [0.25, 0.3) is 21.6 Å². The molecule has 3 atom stereocenters. The van der Waals surface area contributed by atoms with Crippen LogP contribution in [0.15, 0.2) is 53.6 Å². The SMILES string of the molecule is [N-]=[N+]=N[C@@H]1CC[C@@H](C(=O)O)O[C@@H]1CNC(=O)OCC1c2ccccc2-c2ccccc21. The van der Waals surface area contributed by atoms with E-state index >= 15 is 0 Å². The molecule has 0 unspecified atom stereocenters. The highest BCUT2D eigenvalue weighted by Crippen LogP contribution is 2.44. The summed E-state index contributed by atoms with van der Waals surface area (Å²) in [7, 11) is 0. The molecule has 2 aromatic carbocycles. The molecular formula is C22H22N4O5. The largest absolute Gasteiger partial charge is 0.479 e. The van der Waals surface area contributed by atoms with Gasteiger partial charge in [-0.25, -0.2) is 9.59 Å². The lowest BCUT2D eigenvalue weighted by Crippen LogP contribution is -2.47. The normalized spacial score (nSPS) is 22.0. The molecule has 4 rings (SSSR count). The number of azide groups is 1. The van der Waals surface area contributed by atoms with Crippen molar-refractivity contribution in [2.24, 2.45) is 5.11 Å². The van der Waals surface area contributed by atoms with Crippen LogP contribution in [0.2, 0.25) is 0 Å². The van der Waals surface area contributed by atoms with E-state index in [2.05, 4.69) is 27.5 Å².